The molecule has 0 saturated carbocycles. The van der Waals surface area contributed by atoms with E-state index >= 15 is 0 Å². The summed E-state index contributed by atoms with van der Waals surface area (Å²) in [6.07, 6.45) is 0.640. The maximum Gasteiger partial charge on any atom is 0.125 e. The first-order valence-corrected chi connectivity index (χ1v) is 4.68. The van der Waals surface area contributed by atoms with E-state index in [-0.39, 0.29) is 12.6 Å². The smallest absolute Gasteiger partial charge is 0.125 e. The molecule has 3 N–H and O–H groups in total. The first kappa shape index (κ1) is 11.0. The van der Waals surface area contributed by atoms with Crippen LogP contribution in [0.25, 0.3) is 0 Å². The summed E-state index contributed by atoms with van der Waals surface area (Å²) < 4.78 is 5.28. The average Bonchev–Trinajstić information content (AvgIpc) is 2.18. The van der Waals surface area contributed by atoms with Gasteiger partial charge in [-0.25, -0.2) is 0 Å². The van der Waals surface area contributed by atoms with Crippen molar-refractivity contribution < 1.29 is 9.84 Å². The highest BCUT2D eigenvalue weighted by Gasteiger charge is 2.09. The average molecular weight is 195 g/mol. The third kappa shape index (κ3) is 2.47. The van der Waals surface area contributed by atoms with Crippen LogP contribution in [0.1, 0.15) is 11.1 Å². The van der Waals surface area contributed by atoms with Gasteiger partial charge in [0.2, 0.25) is 0 Å². The summed E-state index contributed by atoms with van der Waals surface area (Å²) in [5.41, 5.74) is 7.82. The van der Waals surface area contributed by atoms with E-state index in [2.05, 4.69) is 0 Å². The second-order valence-corrected chi connectivity index (χ2v) is 3.41. The van der Waals surface area contributed by atoms with Crippen LogP contribution in [0, 0.1) is 6.92 Å². The summed E-state index contributed by atoms with van der Waals surface area (Å²) in [6.45, 7) is 1.99. The van der Waals surface area contributed by atoms with Crippen LogP contribution < -0.4 is 10.5 Å². The van der Waals surface area contributed by atoms with Crippen molar-refractivity contribution in [1.82, 2.24) is 0 Å². The Morgan fingerprint density at radius 2 is 2.21 bits per heavy atom. The third-order valence-electron chi connectivity index (χ3n) is 2.21. The molecule has 0 aliphatic heterocycles. The number of methoxy groups -OCH3 is 1. The SMILES string of the molecule is COc1c(C)cccc1CC(N)CO. The van der Waals surface area contributed by atoms with Gasteiger partial charge in [0.15, 0.2) is 0 Å². The van der Waals surface area contributed by atoms with Crippen molar-refractivity contribution in [3.63, 3.8) is 0 Å². The van der Waals surface area contributed by atoms with Crippen LogP contribution in [0.3, 0.4) is 0 Å². The zero-order valence-electron chi connectivity index (χ0n) is 8.66. The molecule has 1 atom stereocenters. The topological polar surface area (TPSA) is 55.5 Å². The molecular formula is C11H17NO2. The highest BCUT2D eigenvalue weighted by molar-refractivity contribution is 5.41. The standard InChI is InChI=1S/C11H17NO2/c1-8-4-3-5-9(11(8)14-2)6-10(12)7-13/h3-5,10,13H,6-7,12H2,1-2H3. The lowest BCUT2D eigenvalue weighted by Gasteiger charge is -2.13. The summed E-state index contributed by atoms with van der Waals surface area (Å²) in [7, 11) is 1.65. The number of aliphatic hydroxyl groups excluding tert-OH is 1. The van der Waals surface area contributed by atoms with Crippen LogP contribution in [0.15, 0.2) is 18.2 Å². The fourth-order valence-corrected chi connectivity index (χ4v) is 1.51. The molecule has 1 aromatic carbocycles. The summed E-state index contributed by atoms with van der Waals surface area (Å²) >= 11 is 0. The lowest BCUT2D eigenvalue weighted by molar-refractivity contribution is 0.264. The Labute approximate surface area is 84.5 Å². The van der Waals surface area contributed by atoms with Crippen molar-refractivity contribution in [1.29, 1.82) is 0 Å². The second kappa shape index (κ2) is 4.98. The van der Waals surface area contributed by atoms with E-state index in [1.54, 1.807) is 7.11 Å². The Morgan fingerprint density at radius 1 is 1.50 bits per heavy atom. The largest absolute Gasteiger partial charge is 0.496 e. The van der Waals surface area contributed by atoms with E-state index in [0.29, 0.717) is 6.42 Å². The first-order valence-electron chi connectivity index (χ1n) is 4.68. The molecule has 1 aromatic rings. The van der Waals surface area contributed by atoms with Gasteiger partial charge in [-0.15, -0.1) is 0 Å². The van der Waals surface area contributed by atoms with E-state index in [9.17, 15) is 0 Å². The molecule has 0 aliphatic carbocycles. The lowest BCUT2D eigenvalue weighted by Crippen LogP contribution is -2.27. The molecule has 0 amide bonds. The molecule has 0 spiro atoms. The van der Waals surface area contributed by atoms with Crippen LogP contribution >= 0.6 is 0 Å². The Hall–Kier alpha value is -1.06. The van der Waals surface area contributed by atoms with Gasteiger partial charge < -0.3 is 15.6 Å². The van der Waals surface area contributed by atoms with Gasteiger partial charge in [0.1, 0.15) is 5.75 Å². The highest BCUT2D eigenvalue weighted by atomic mass is 16.5. The summed E-state index contributed by atoms with van der Waals surface area (Å²) in [6, 6.07) is 5.72. The van der Waals surface area contributed by atoms with Gasteiger partial charge in [0.25, 0.3) is 0 Å². The van der Waals surface area contributed by atoms with Crippen molar-refractivity contribution >= 4 is 0 Å². The molecule has 3 nitrogen and oxygen atoms in total. The number of nitrogens with two attached hydrogens (primary N) is 1. The molecule has 1 rings (SSSR count). The number of para-hydroxylation sites is 1. The lowest BCUT2D eigenvalue weighted by atomic mass is 10.0. The predicted octanol–water partition coefficient (Wildman–Crippen LogP) is 0.866. The fourth-order valence-electron chi connectivity index (χ4n) is 1.51. The number of benzene rings is 1. The molecular weight excluding hydrogens is 178 g/mol. The molecule has 0 heterocycles. The Kier molecular flexibility index (Phi) is 3.92. The van der Waals surface area contributed by atoms with Gasteiger partial charge in [-0.3, -0.25) is 0 Å². The first-order chi connectivity index (χ1) is 6.69. The van der Waals surface area contributed by atoms with Crippen molar-refractivity contribution in [2.75, 3.05) is 13.7 Å². The van der Waals surface area contributed by atoms with Crippen molar-refractivity contribution in [3.05, 3.63) is 29.3 Å². The Morgan fingerprint density at radius 3 is 2.79 bits per heavy atom. The van der Waals surface area contributed by atoms with Crippen LogP contribution in [0.5, 0.6) is 5.75 Å². The van der Waals surface area contributed by atoms with Crippen molar-refractivity contribution in [2.24, 2.45) is 5.73 Å². The Balaban J connectivity index is 2.90. The van der Waals surface area contributed by atoms with Gasteiger partial charge in [0.05, 0.1) is 13.7 Å². The summed E-state index contributed by atoms with van der Waals surface area (Å²) in [5, 5.41) is 8.86. The minimum Gasteiger partial charge on any atom is -0.496 e. The minimum absolute atomic E-state index is 0.00288. The molecule has 78 valence electrons. The molecule has 1 unspecified atom stereocenters. The van der Waals surface area contributed by atoms with Crippen LogP contribution in [0.4, 0.5) is 0 Å². The minimum atomic E-state index is -0.217. The highest BCUT2D eigenvalue weighted by Crippen LogP contribution is 2.23. The summed E-state index contributed by atoms with van der Waals surface area (Å²) in [5.74, 6) is 0.872. The maximum absolute atomic E-state index is 8.86. The zero-order chi connectivity index (χ0) is 10.6. The quantitative estimate of drug-likeness (QED) is 0.749. The maximum atomic E-state index is 8.86. The van der Waals surface area contributed by atoms with E-state index in [1.165, 1.54) is 0 Å². The van der Waals surface area contributed by atoms with Gasteiger partial charge in [-0.1, -0.05) is 18.2 Å². The van der Waals surface area contributed by atoms with E-state index in [4.69, 9.17) is 15.6 Å². The molecule has 0 fully saturated rings. The van der Waals surface area contributed by atoms with Crippen LogP contribution in [-0.2, 0) is 6.42 Å². The normalized spacial score (nSPS) is 12.6. The second-order valence-electron chi connectivity index (χ2n) is 3.41. The van der Waals surface area contributed by atoms with E-state index in [1.807, 2.05) is 25.1 Å². The van der Waals surface area contributed by atoms with Gasteiger partial charge >= 0.3 is 0 Å². The molecule has 0 aliphatic rings. The van der Waals surface area contributed by atoms with Gasteiger partial charge in [-0.2, -0.15) is 0 Å². The van der Waals surface area contributed by atoms with E-state index in [0.717, 1.165) is 16.9 Å². The van der Waals surface area contributed by atoms with Crippen molar-refractivity contribution in [2.45, 2.75) is 19.4 Å². The number of rotatable bonds is 4. The number of aryl methyl sites for hydroxylation is 1. The van der Waals surface area contributed by atoms with Gasteiger partial charge in [-0.05, 0) is 24.5 Å². The molecule has 0 bridgehead atoms. The predicted molar refractivity (Wildman–Crippen MR) is 56.5 cm³/mol. The fraction of sp³-hybridized carbons (Fsp3) is 0.455. The molecule has 3 heteroatoms. The number of ether oxygens (including phenoxy) is 1. The Bertz CT molecular complexity index is 299. The third-order valence-corrected chi connectivity index (χ3v) is 2.21. The zero-order valence-corrected chi connectivity index (χ0v) is 8.66. The van der Waals surface area contributed by atoms with Gasteiger partial charge in [0, 0.05) is 6.04 Å². The van der Waals surface area contributed by atoms with E-state index < -0.39 is 0 Å². The number of hydrogen-bond donors (Lipinski definition) is 2. The van der Waals surface area contributed by atoms with Crippen LogP contribution in [0.2, 0.25) is 0 Å². The molecule has 0 radical (unpaired) electrons. The molecule has 0 saturated heterocycles. The van der Waals surface area contributed by atoms with Crippen LogP contribution in [-0.4, -0.2) is 24.9 Å². The molecule has 14 heavy (non-hydrogen) atoms. The monoisotopic (exact) mass is 195 g/mol. The number of hydrogen-bond acceptors (Lipinski definition) is 3. The summed E-state index contributed by atoms with van der Waals surface area (Å²) in [4.78, 5) is 0. The van der Waals surface area contributed by atoms with Crippen molar-refractivity contribution in [3.8, 4) is 5.75 Å². The number of aliphatic hydroxyl groups is 1. The molecule has 0 aromatic heterocycles.